The number of aryl methyl sites for hydroxylation is 1. The summed E-state index contributed by atoms with van der Waals surface area (Å²) in [7, 11) is 1.99. The molecule has 2 aliphatic carbocycles. The quantitative estimate of drug-likeness (QED) is 0.301. The molecule has 2 aromatic rings. The zero-order chi connectivity index (χ0) is 20.8. The number of rotatable bonds is 8. The number of para-hydroxylation sites is 1. The number of benzene rings is 1. The summed E-state index contributed by atoms with van der Waals surface area (Å²) in [6.07, 6.45) is 8.89. The van der Waals surface area contributed by atoms with Gasteiger partial charge in [0.15, 0.2) is 11.8 Å². The first kappa shape index (κ1) is 23.8. The summed E-state index contributed by atoms with van der Waals surface area (Å²) >= 11 is 0. The Morgan fingerprint density at radius 1 is 1.13 bits per heavy atom. The first-order valence-corrected chi connectivity index (χ1v) is 11.3. The van der Waals surface area contributed by atoms with Gasteiger partial charge in [-0.15, -0.1) is 34.2 Å². The predicted molar refractivity (Wildman–Crippen MR) is 134 cm³/mol. The molecule has 0 aliphatic heterocycles. The highest BCUT2D eigenvalue weighted by molar-refractivity contribution is 14.0. The molecular weight excluding hydrogens is 503 g/mol. The molecular formula is C23H35IN6O. The van der Waals surface area contributed by atoms with Gasteiger partial charge >= 0.3 is 0 Å². The van der Waals surface area contributed by atoms with E-state index >= 15 is 0 Å². The van der Waals surface area contributed by atoms with E-state index in [4.69, 9.17) is 9.73 Å². The van der Waals surface area contributed by atoms with E-state index in [2.05, 4.69) is 39.0 Å². The van der Waals surface area contributed by atoms with Crippen LogP contribution in [0.3, 0.4) is 0 Å². The van der Waals surface area contributed by atoms with E-state index < -0.39 is 0 Å². The third kappa shape index (κ3) is 7.08. The second kappa shape index (κ2) is 11.7. The molecule has 0 radical (unpaired) electrons. The standard InChI is InChI=1S/C23H34N6O.HI/c1-17-27-28-22(29(17)2)15-25-23(26-20-9-4-3-5-10-20)24-14-19-8-6-7-11-21(19)30-16-18-12-13-18;/h6-8,11,18,20H,3-5,9-10,12-16H2,1-2H3,(H2,24,25,26);1H. The molecule has 1 heterocycles. The van der Waals surface area contributed by atoms with Crippen molar-refractivity contribution in [3.05, 3.63) is 41.5 Å². The lowest BCUT2D eigenvalue weighted by Crippen LogP contribution is -2.44. The second-order valence-corrected chi connectivity index (χ2v) is 8.58. The molecule has 4 rings (SSSR count). The van der Waals surface area contributed by atoms with Gasteiger partial charge in [0.05, 0.1) is 19.7 Å². The molecule has 0 amide bonds. The number of nitrogens with zero attached hydrogens (tertiary/aromatic N) is 4. The third-order valence-corrected chi connectivity index (χ3v) is 6.09. The van der Waals surface area contributed by atoms with Crippen LogP contribution in [0.5, 0.6) is 5.75 Å². The summed E-state index contributed by atoms with van der Waals surface area (Å²) in [5.74, 6) is 4.33. The molecule has 170 valence electrons. The van der Waals surface area contributed by atoms with Crippen LogP contribution in [0.25, 0.3) is 0 Å². The summed E-state index contributed by atoms with van der Waals surface area (Å²) in [4.78, 5) is 4.90. The first-order chi connectivity index (χ1) is 14.7. The van der Waals surface area contributed by atoms with E-state index in [1.54, 1.807) is 0 Å². The number of halogens is 1. The van der Waals surface area contributed by atoms with Gasteiger partial charge in [-0.3, -0.25) is 0 Å². The van der Waals surface area contributed by atoms with Gasteiger partial charge in [0.25, 0.3) is 0 Å². The fourth-order valence-electron chi connectivity index (χ4n) is 3.79. The fourth-order valence-corrected chi connectivity index (χ4v) is 3.79. The average molecular weight is 538 g/mol. The number of aliphatic imine (C=N–C) groups is 1. The average Bonchev–Trinajstić information content (AvgIpc) is 3.55. The Morgan fingerprint density at radius 3 is 2.61 bits per heavy atom. The minimum atomic E-state index is 0. The van der Waals surface area contributed by atoms with Crippen LogP contribution in [0.15, 0.2) is 29.3 Å². The SMILES string of the molecule is Cc1nnc(CNC(=NCc2ccccc2OCC2CC2)NC2CCCCC2)n1C.I. The van der Waals surface area contributed by atoms with Crippen molar-refractivity contribution in [2.24, 2.45) is 18.0 Å². The molecule has 0 bridgehead atoms. The zero-order valence-electron chi connectivity index (χ0n) is 18.6. The lowest BCUT2D eigenvalue weighted by molar-refractivity contribution is 0.297. The highest BCUT2D eigenvalue weighted by atomic mass is 127. The lowest BCUT2D eigenvalue weighted by Gasteiger charge is -2.25. The highest BCUT2D eigenvalue weighted by Gasteiger charge is 2.22. The van der Waals surface area contributed by atoms with E-state index in [0.717, 1.165) is 41.4 Å². The summed E-state index contributed by atoms with van der Waals surface area (Å²) in [5, 5.41) is 15.5. The summed E-state index contributed by atoms with van der Waals surface area (Å²) in [5.41, 5.74) is 1.12. The maximum Gasteiger partial charge on any atom is 0.192 e. The minimum Gasteiger partial charge on any atom is -0.493 e. The molecule has 8 heteroatoms. The van der Waals surface area contributed by atoms with Crippen LogP contribution < -0.4 is 15.4 Å². The predicted octanol–water partition coefficient (Wildman–Crippen LogP) is 4.10. The maximum absolute atomic E-state index is 6.06. The van der Waals surface area contributed by atoms with Crippen molar-refractivity contribution in [3.8, 4) is 5.75 Å². The Bertz CT molecular complexity index is 858. The number of aromatic nitrogens is 3. The molecule has 0 unspecified atom stereocenters. The van der Waals surface area contributed by atoms with Crippen LogP contribution >= 0.6 is 24.0 Å². The molecule has 1 aromatic heterocycles. The summed E-state index contributed by atoms with van der Waals surface area (Å²) in [6, 6.07) is 8.73. The summed E-state index contributed by atoms with van der Waals surface area (Å²) < 4.78 is 8.07. The Labute approximate surface area is 202 Å². The van der Waals surface area contributed by atoms with Crippen molar-refractivity contribution in [2.75, 3.05) is 6.61 Å². The topological polar surface area (TPSA) is 76.4 Å². The normalized spacial score (nSPS) is 17.2. The van der Waals surface area contributed by atoms with E-state index in [-0.39, 0.29) is 24.0 Å². The highest BCUT2D eigenvalue weighted by Crippen LogP contribution is 2.30. The van der Waals surface area contributed by atoms with Crippen molar-refractivity contribution >= 4 is 29.9 Å². The van der Waals surface area contributed by atoms with Crippen molar-refractivity contribution in [2.45, 2.75) is 71.0 Å². The van der Waals surface area contributed by atoms with Gasteiger partial charge in [-0.25, -0.2) is 4.99 Å². The minimum absolute atomic E-state index is 0. The van der Waals surface area contributed by atoms with Crippen LogP contribution in [0.4, 0.5) is 0 Å². The molecule has 2 saturated carbocycles. The van der Waals surface area contributed by atoms with Gasteiger partial charge < -0.3 is 19.9 Å². The number of nitrogens with one attached hydrogen (secondary N) is 2. The van der Waals surface area contributed by atoms with Gasteiger partial charge in [0, 0.05) is 18.7 Å². The van der Waals surface area contributed by atoms with E-state index in [1.807, 2.05) is 24.6 Å². The zero-order valence-corrected chi connectivity index (χ0v) is 21.0. The molecule has 2 fully saturated rings. The van der Waals surface area contributed by atoms with E-state index in [0.29, 0.717) is 19.1 Å². The number of hydrogen-bond donors (Lipinski definition) is 2. The van der Waals surface area contributed by atoms with E-state index in [1.165, 1.54) is 44.9 Å². The molecule has 2 aliphatic rings. The fraction of sp³-hybridized carbons (Fsp3) is 0.609. The Morgan fingerprint density at radius 2 is 1.90 bits per heavy atom. The molecule has 0 saturated heterocycles. The van der Waals surface area contributed by atoms with Gasteiger partial charge in [0.1, 0.15) is 11.6 Å². The third-order valence-electron chi connectivity index (χ3n) is 6.09. The Hall–Kier alpha value is -1.84. The van der Waals surface area contributed by atoms with Crippen molar-refractivity contribution in [3.63, 3.8) is 0 Å². The van der Waals surface area contributed by atoms with Crippen molar-refractivity contribution in [1.29, 1.82) is 0 Å². The van der Waals surface area contributed by atoms with E-state index in [9.17, 15) is 0 Å². The lowest BCUT2D eigenvalue weighted by atomic mass is 9.96. The molecule has 0 spiro atoms. The van der Waals surface area contributed by atoms with Crippen molar-refractivity contribution < 1.29 is 4.74 Å². The largest absolute Gasteiger partial charge is 0.493 e. The molecule has 0 atom stereocenters. The van der Waals surface area contributed by atoms with Gasteiger partial charge in [-0.2, -0.15) is 0 Å². The number of guanidine groups is 1. The van der Waals surface area contributed by atoms with Gasteiger partial charge in [0.2, 0.25) is 0 Å². The monoisotopic (exact) mass is 538 g/mol. The second-order valence-electron chi connectivity index (χ2n) is 8.58. The molecule has 7 nitrogen and oxygen atoms in total. The first-order valence-electron chi connectivity index (χ1n) is 11.3. The van der Waals surface area contributed by atoms with Gasteiger partial charge in [-0.1, -0.05) is 37.5 Å². The van der Waals surface area contributed by atoms with Crippen molar-refractivity contribution in [1.82, 2.24) is 25.4 Å². The van der Waals surface area contributed by atoms with Gasteiger partial charge in [-0.05, 0) is 44.6 Å². The van der Waals surface area contributed by atoms with Crippen LogP contribution in [0, 0.1) is 12.8 Å². The molecule has 2 N–H and O–H groups in total. The number of hydrogen-bond acceptors (Lipinski definition) is 4. The smallest absolute Gasteiger partial charge is 0.192 e. The Balaban J connectivity index is 0.00000272. The van der Waals surface area contributed by atoms with Crippen LogP contribution in [0.1, 0.15) is 62.2 Å². The maximum atomic E-state index is 6.06. The molecule has 1 aromatic carbocycles. The number of ether oxygens (including phenoxy) is 1. The molecule has 31 heavy (non-hydrogen) atoms. The van der Waals surface area contributed by atoms with Crippen LogP contribution in [-0.4, -0.2) is 33.4 Å². The Kier molecular flexibility index (Phi) is 8.98. The van der Waals surface area contributed by atoms with Crippen LogP contribution in [0.2, 0.25) is 0 Å². The summed E-state index contributed by atoms with van der Waals surface area (Å²) in [6.45, 7) is 3.96. The van der Waals surface area contributed by atoms with Crippen LogP contribution in [-0.2, 0) is 20.1 Å².